The monoisotopic (exact) mass is 373 g/mol. The zero-order chi connectivity index (χ0) is 18.3. The topological polar surface area (TPSA) is 59.3 Å². The summed E-state index contributed by atoms with van der Waals surface area (Å²) in [7, 11) is 0. The average Bonchev–Trinajstić information content (AvgIpc) is 3.14. The van der Waals surface area contributed by atoms with E-state index in [0.717, 1.165) is 22.9 Å². The molecule has 0 radical (unpaired) electrons. The molecule has 3 aromatic rings. The van der Waals surface area contributed by atoms with Gasteiger partial charge in [-0.15, -0.1) is 5.10 Å². The molecule has 1 saturated heterocycles. The molecule has 1 atom stereocenters. The van der Waals surface area contributed by atoms with Crippen LogP contribution in [0.3, 0.4) is 0 Å². The Bertz CT molecular complexity index is 910. The molecule has 0 saturated carbocycles. The molecule has 0 bridgehead atoms. The van der Waals surface area contributed by atoms with Crippen LogP contribution in [-0.4, -0.2) is 52.4 Å². The van der Waals surface area contributed by atoms with Crippen LogP contribution in [0.2, 0.25) is 0 Å². The molecule has 4 rings (SSSR count). The summed E-state index contributed by atoms with van der Waals surface area (Å²) in [6.07, 6.45) is 0. The maximum atomic E-state index is 10.9. The molecule has 2 aromatic heterocycles. The number of nitrogens with one attached hydrogen (secondary N) is 2. The lowest BCUT2D eigenvalue weighted by Gasteiger charge is -2.34. The lowest BCUT2D eigenvalue weighted by molar-refractivity contribution is -1.02. The van der Waals surface area contributed by atoms with Crippen LogP contribution in [0.1, 0.15) is 34.8 Å². The van der Waals surface area contributed by atoms with Crippen molar-refractivity contribution in [3.8, 4) is 5.88 Å². The summed E-state index contributed by atoms with van der Waals surface area (Å²) >= 11 is 1.57. The van der Waals surface area contributed by atoms with Crippen LogP contribution < -0.4 is 9.80 Å². The number of thiazole rings is 1. The van der Waals surface area contributed by atoms with E-state index in [-0.39, 0.29) is 11.9 Å². The Labute approximate surface area is 157 Å². The van der Waals surface area contributed by atoms with Crippen molar-refractivity contribution in [3.63, 3.8) is 0 Å². The van der Waals surface area contributed by atoms with Crippen molar-refractivity contribution in [1.29, 1.82) is 0 Å². The van der Waals surface area contributed by atoms with E-state index in [2.05, 4.69) is 48.2 Å². The number of quaternary nitrogens is 2. The first-order valence-corrected chi connectivity index (χ1v) is 10.2. The summed E-state index contributed by atoms with van der Waals surface area (Å²) in [4.78, 5) is 9.38. The highest BCUT2D eigenvalue weighted by atomic mass is 32.1. The van der Waals surface area contributed by atoms with Crippen molar-refractivity contribution in [3.05, 3.63) is 46.1 Å². The van der Waals surface area contributed by atoms with Crippen molar-refractivity contribution in [2.45, 2.75) is 26.8 Å². The van der Waals surface area contributed by atoms with Gasteiger partial charge in [0, 0.05) is 5.56 Å². The van der Waals surface area contributed by atoms with Gasteiger partial charge in [0.1, 0.15) is 36.9 Å². The molecule has 26 heavy (non-hydrogen) atoms. The van der Waals surface area contributed by atoms with Gasteiger partial charge in [-0.3, -0.25) is 0 Å². The summed E-state index contributed by atoms with van der Waals surface area (Å²) in [5.74, 6) is 0.938. The molecule has 1 aromatic carbocycles. The highest BCUT2D eigenvalue weighted by Gasteiger charge is 2.35. The van der Waals surface area contributed by atoms with E-state index in [0.29, 0.717) is 5.82 Å². The highest BCUT2D eigenvalue weighted by Crippen LogP contribution is 2.35. The van der Waals surface area contributed by atoms with Crippen molar-refractivity contribution in [2.75, 3.05) is 32.7 Å². The minimum Gasteiger partial charge on any atom is -0.492 e. The first-order valence-electron chi connectivity index (χ1n) is 9.36. The molecule has 3 heterocycles. The first kappa shape index (κ1) is 17.5. The molecule has 1 aliphatic rings. The number of rotatable bonds is 4. The van der Waals surface area contributed by atoms with Crippen molar-refractivity contribution >= 4 is 16.3 Å². The maximum Gasteiger partial charge on any atom is 0.235 e. The summed E-state index contributed by atoms with van der Waals surface area (Å²) in [6.45, 7) is 12.0. The molecule has 0 aliphatic carbocycles. The quantitative estimate of drug-likeness (QED) is 0.604. The number of benzene rings is 1. The zero-order valence-electron chi connectivity index (χ0n) is 15.6. The number of fused-ring (bicyclic) bond motifs is 1. The zero-order valence-corrected chi connectivity index (χ0v) is 16.4. The van der Waals surface area contributed by atoms with Crippen molar-refractivity contribution in [2.24, 2.45) is 0 Å². The van der Waals surface area contributed by atoms with Gasteiger partial charge in [-0.1, -0.05) is 35.1 Å². The summed E-state index contributed by atoms with van der Waals surface area (Å²) in [5.41, 5.74) is 2.51. The molecule has 1 fully saturated rings. The van der Waals surface area contributed by atoms with Gasteiger partial charge in [-0.05, 0) is 26.8 Å². The smallest absolute Gasteiger partial charge is 0.235 e. The molecule has 138 valence electrons. The van der Waals surface area contributed by atoms with Crippen LogP contribution in [-0.2, 0) is 0 Å². The van der Waals surface area contributed by atoms with E-state index in [1.54, 1.807) is 20.8 Å². The standard InChI is InChI=1S/C19H25N5OS/c1-4-22-8-10-23(11-9-22)16(15-7-5-6-13(2)12-15)17-18(25)24-19(26-17)20-14(3)21-24/h5-7,12,16,25H,4,8-11H2,1-3H3/p+2/t16-/m1/s1. The molecule has 3 N–H and O–H groups in total. The summed E-state index contributed by atoms with van der Waals surface area (Å²) in [6, 6.07) is 8.80. The number of aromatic nitrogens is 3. The average molecular weight is 374 g/mol. The minimum atomic E-state index is 0.127. The molecule has 1 aliphatic heterocycles. The number of nitrogens with zero attached hydrogens (tertiary/aromatic N) is 3. The van der Waals surface area contributed by atoms with Crippen LogP contribution in [0.25, 0.3) is 4.96 Å². The van der Waals surface area contributed by atoms with Crippen LogP contribution in [0.15, 0.2) is 24.3 Å². The number of aryl methyl sites for hydroxylation is 2. The van der Waals surface area contributed by atoms with Gasteiger partial charge in [0.25, 0.3) is 0 Å². The molecule has 0 unspecified atom stereocenters. The molecular weight excluding hydrogens is 346 g/mol. The fourth-order valence-electron chi connectivity index (χ4n) is 4.03. The van der Waals surface area contributed by atoms with E-state index >= 15 is 0 Å². The van der Waals surface area contributed by atoms with Gasteiger partial charge >= 0.3 is 0 Å². The second-order valence-electron chi connectivity index (χ2n) is 7.25. The largest absolute Gasteiger partial charge is 0.492 e. The Kier molecular flexibility index (Phi) is 4.69. The molecular formula is C19H27N5OS+2. The van der Waals surface area contributed by atoms with Gasteiger partial charge in [0.15, 0.2) is 6.04 Å². The molecule has 0 spiro atoms. The van der Waals surface area contributed by atoms with E-state index < -0.39 is 0 Å². The number of hydrogen-bond acceptors (Lipinski definition) is 4. The van der Waals surface area contributed by atoms with Crippen molar-refractivity contribution < 1.29 is 14.9 Å². The second kappa shape index (κ2) is 6.98. The molecule has 0 amide bonds. The summed E-state index contributed by atoms with van der Waals surface area (Å²) in [5, 5.41) is 15.2. The van der Waals surface area contributed by atoms with Crippen LogP contribution in [0.5, 0.6) is 5.88 Å². The fraction of sp³-hybridized carbons (Fsp3) is 0.474. The number of hydrogen-bond donors (Lipinski definition) is 3. The third kappa shape index (κ3) is 3.11. The Morgan fingerprint density at radius 3 is 2.65 bits per heavy atom. The van der Waals surface area contributed by atoms with Gasteiger partial charge in [0.05, 0.1) is 6.54 Å². The third-order valence-corrected chi connectivity index (χ3v) is 6.54. The van der Waals surface area contributed by atoms with Gasteiger partial charge in [0.2, 0.25) is 10.8 Å². The van der Waals surface area contributed by atoms with Gasteiger partial charge < -0.3 is 14.9 Å². The Hall–Kier alpha value is -1.96. The maximum absolute atomic E-state index is 10.9. The van der Waals surface area contributed by atoms with Crippen LogP contribution in [0, 0.1) is 13.8 Å². The Morgan fingerprint density at radius 2 is 2.00 bits per heavy atom. The number of piperazine rings is 1. The fourth-order valence-corrected chi connectivity index (χ4v) is 5.21. The SMILES string of the molecule is CC[NH+]1CC[NH+]([C@H](c2cccc(C)c2)c2sc3nc(C)nn3c2O)CC1. The van der Waals surface area contributed by atoms with Crippen LogP contribution >= 0.6 is 11.3 Å². The third-order valence-electron chi connectivity index (χ3n) is 5.45. The predicted molar refractivity (Wildman–Crippen MR) is 102 cm³/mol. The minimum absolute atomic E-state index is 0.127. The normalized spacial score (nSPS) is 22.0. The van der Waals surface area contributed by atoms with E-state index in [1.165, 1.54) is 35.7 Å². The van der Waals surface area contributed by atoms with E-state index in [4.69, 9.17) is 0 Å². The summed E-state index contributed by atoms with van der Waals surface area (Å²) < 4.78 is 1.59. The molecule has 6 nitrogen and oxygen atoms in total. The Morgan fingerprint density at radius 1 is 1.23 bits per heavy atom. The lowest BCUT2D eigenvalue weighted by Crippen LogP contribution is -3.28. The number of aromatic hydroxyl groups is 1. The predicted octanol–water partition coefficient (Wildman–Crippen LogP) is 0.00594. The van der Waals surface area contributed by atoms with Crippen molar-refractivity contribution in [1.82, 2.24) is 14.6 Å². The van der Waals surface area contributed by atoms with Gasteiger partial charge in [-0.25, -0.2) is 4.98 Å². The highest BCUT2D eigenvalue weighted by molar-refractivity contribution is 7.17. The Balaban J connectivity index is 1.77. The van der Waals surface area contributed by atoms with Gasteiger partial charge in [-0.2, -0.15) is 4.52 Å². The lowest BCUT2D eigenvalue weighted by atomic mass is 10.0. The molecule has 7 heteroatoms. The van der Waals surface area contributed by atoms with E-state index in [1.807, 2.05) is 6.92 Å². The van der Waals surface area contributed by atoms with Crippen LogP contribution in [0.4, 0.5) is 0 Å². The van der Waals surface area contributed by atoms with E-state index in [9.17, 15) is 5.11 Å². The second-order valence-corrected chi connectivity index (χ2v) is 8.26. The first-order chi connectivity index (χ1) is 12.6. The number of likely N-dealkylation sites (N-methyl/N-ethyl adjacent to an activating group) is 1.